The first kappa shape index (κ1) is 13.5. The summed E-state index contributed by atoms with van der Waals surface area (Å²) in [7, 11) is 0. The van der Waals surface area contributed by atoms with Crippen molar-refractivity contribution in [1.82, 2.24) is 4.98 Å². The van der Waals surface area contributed by atoms with Crippen LogP contribution < -0.4 is 0 Å². The molecule has 100 valence electrons. The van der Waals surface area contributed by atoms with E-state index in [-0.39, 0.29) is 5.97 Å². The Balaban J connectivity index is 2.26. The van der Waals surface area contributed by atoms with Crippen LogP contribution in [0, 0.1) is 6.92 Å². The molecule has 2 rings (SSSR count). The number of hydrogen-bond donors (Lipinski definition) is 0. The first-order valence-corrected chi connectivity index (χ1v) is 6.75. The number of aryl methyl sites for hydroxylation is 1. The molecular weight excluding hydrogens is 254 g/mol. The van der Waals surface area contributed by atoms with Crippen LogP contribution in [-0.4, -0.2) is 29.5 Å². The van der Waals surface area contributed by atoms with Crippen molar-refractivity contribution in [2.24, 2.45) is 0 Å². The minimum absolute atomic E-state index is 0.327. The number of nitrogens with zero attached hydrogens (tertiary/aromatic N) is 1. The topological polar surface area (TPSA) is 57.7 Å². The molecule has 0 spiro atoms. The fraction of sp³-hybridized carbons (Fsp3) is 0.667. The Hall–Kier alpha value is -0.980. The standard InChI is InChI=1S/C12H17NO4S/c1-5-15-11(14)9-8(16-12(3,4)17-9)10-7(2)13-6-18-10/h6,8-9H,5H2,1-4H3/t8-,9-/m0/s1. The molecule has 1 aromatic heterocycles. The summed E-state index contributed by atoms with van der Waals surface area (Å²) in [5.74, 6) is -1.18. The minimum atomic E-state index is -0.793. The monoisotopic (exact) mass is 271 g/mol. The van der Waals surface area contributed by atoms with Gasteiger partial charge in [-0.25, -0.2) is 9.78 Å². The Morgan fingerprint density at radius 3 is 2.83 bits per heavy atom. The summed E-state index contributed by atoms with van der Waals surface area (Å²) in [6.07, 6.45) is -1.16. The van der Waals surface area contributed by atoms with Crippen LogP contribution in [0.2, 0.25) is 0 Å². The average molecular weight is 271 g/mol. The van der Waals surface area contributed by atoms with Gasteiger partial charge in [-0.15, -0.1) is 11.3 Å². The molecular formula is C12H17NO4S. The Labute approximate surface area is 110 Å². The molecule has 0 amide bonds. The van der Waals surface area contributed by atoms with Crippen LogP contribution in [0.15, 0.2) is 5.51 Å². The van der Waals surface area contributed by atoms with Gasteiger partial charge in [0, 0.05) is 0 Å². The quantitative estimate of drug-likeness (QED) is 0.789. The van der Waals surface area contributed by atoms with Gasteiger partial charge in [0.15, 0.2) is 11.9 Å². The van der Waals surface area contributed by atoms with E-state index in [9.17, 15) is 4.79 Å². The Bertz CT molecular complexity index is 443. The maximum absolute atomic E-state index is 11.9. The van der Waals surface area contributed by atoms with Crippen LogP contribution in [0.5, 0.6) is 0 Å². The molecule has 5 nitrogen and oxygen atoms in total. The molecule has 0 aliphatic carbocycles. The van der Waals surface area contributed by atoms with E-state index in [2.05, 4.69) is 4.98 Å². The first-order chi connectivity index (χ1) is 8.44. The zero-order valence-corrected chi connectivity index (χ0v) is 11.7. The fourth-order valence-corrected chi connectivity index (χ4v) is 2.79. The van der Waals surface area contributed by atoms with E-state index in [1.165, 1.54) is 11.3 Å². The minimum Gasteiger partial charge on any atom is -0.464 e. The summed E-state index contributed by atoms with van der Waals surface area (Å²) < 4.78 is 16.5. The molecule has 18 heavy (non-hydrogen) atoms. The second-order valence-corrected chi connectivity index (χ2v) is 5.42. The van der Waals surface area contributed by atoms with E-state index < -0.39 is 18.0 Å². The molecule has 1 aliphatic heterocycles. The Morgan fingerprint density at radius 1 is 1.56 bits per heavy atom. The third-order valence-corrected chi connectivity index (χ3v) is 3.65. The summed E-state index contributed by atoms with van der Waals surface area (Å²) >= 11 is 1.46. The summed E-state index contributed by atoms with van der Waals surface area (Å²) in [5.41, 5.74) is 2.60. The number of aromatic nitrogens is 1. The lowest BCUT2D eigenvalue weighted by atomic mass is 10.1. The first-order valence-electron chi connectivity index (χ1n) is 5.87. The number of hydrogen-bond acceptors (Lipinski definition) is 6. The normalized spacial score (nSPS) is 26.2. The molecule has 1 aromatic rings. The zero-order chi connectivity index (χ0) is 13.3. The van der Waals surface area contributed by atoms with E-state index >= 15 is 0 Å². The highest BCUT2D eigenvalue weighted by molar-refractivity contribution is 7.09. The largest absolute Gasteiger partial charge is 0.464 e. The van der Waals surface area contributed by atoms with E-state index in [0.717, 1.165) is 10.6 Å². The molecule has 0 unspecified atom stereocenters. The molecule has 1 fully saturated rings. The van der Waals surface area contributed by atoms with Gasteiger partial charge in [-0.3, -0.25) is 0 Å². The highest BCUT2D eigenvalue weighted by Crippen LogP contribution is 2.41. The second kappa shape index (κ2) is 4.95. The Kier molecular flexibility index (Phi) is 3.70. The molecule has 0 saturated carbocycles. The maximum Gasteiger partial charge on any atom is 0.338 e. The number of thiazole rings is 1. The SMILES string of the molecule is CCOC(=O)[C@H]1OC(C)(C)O[C@@H]1c1scnc1C. The van der Waals surface area contributed by atoms with Crippen LogP contribution in [0.1, 0.15) is 37.4 Å². The number of rotatable bonds is 3. The highest BCUT2D eigenvalue weighted by atomic mass is 32.1. The smallest absolute Gasteiger partial charge is 0.338 e. The van der Waals surface area contributed by atoms with E-state index in [4.69, 9.17) is 14.2 Å². The highest BCUT2D eigenvalue weighted by Gasteiger charge is 2.48. The number of esters is 1. The zero-order valence-electron chi connectivity index (χ0n) is 10.9. The van der Waals surface area contributed by atoms with Crippen molar-refractivity contribution in [3.8, 4) is 0 Å². The number of ether oxygens (including phenoxy) is 3. The molecule has 0 bridgehead atoms. The summed E-state index contributed by atoms with van der Waals surface area (Å²) in [4.78, 5) is 17.0. The van der Waals surface area contributed by atoms with Gasteiger partial charge in [0.25, 0.3) is 0 Å². The van der Waals surface area contributed by atoms with Crippen molar-refractivity contribution in [3.05, 3.63) is 16.1 Å². The van der Waals surface area contributed by atoms with Crippen LogP contribution in [-0.2, 0) is 19.0 Å². The van der Waals surface area contributed by atoms with E-state index in [1.54, 1.807) is 26.3 Å². The van der Waals surface area contributed by atoms with Crippen molar-refractivity contribution in [1.29, 1.82) is 0 Å². The fourth-order valence-electron chi connectivity index (χ4n) is 1.93. The Morgan fingerprint density at radius 2 is 2.28 bits per heavy atom. The van der Waals surface area contributed by atoms with Gasteiger partial charge in [-0.2, -0.15) is 0 Å². The number of carbonyl (C=O) groups is 1. The van der Waals surface area contributed by atoms with Crippen molar-refractivity contribution >= 4 is 17.3 Å². The molecule has 1 aliphatic rings. The summed E-state index contributed by atoms with van der Waals surface area (Å²) in [6, 6.07) is 0. The lowest BCUT2D eigenvalue weighted by Gasteiger charge is -2.16. The maximum atomic E-state index is 11.9. The average Bonchev–Trinajstić information content (AvgIpc) is 2.82. The molecule has 0 N–H and O–H groups in total. The van der Waals surface area contributed by atoms with Crippen LogP contribution >= 0.6 is 11.3 Å². The van der Waals surface area contributed by atoms with Crippen molar-refractivity contribution < 1.29 is 19.0 Å². The summed E-state index contributed by atoms with van der Waals surface area (Å²) in [5, 5.41) is 0. The third kappa shape index (κ3) is 2.55. The van der Waals surface area contributed by atoms with Gasteiger partial charge in [-0.05, 0) is 27.7 Å². The van der Waals surface area contributed by atoms with Gasteiger partial charge < -0.3 is 14.2 Å². The number of carbonyl (C=O) groups excluding carboxylic acids is 1. The van der Waals surface area contributed by atoms with Gasteiger partial charge >= 0.3 is 5.97 Å². The predicted molar refractivity (Wildman–Crippen MR) is 66.3 cm³/mol. The third-order valence-electron chi connectivity index (χ3n) is 2.66. The van der Waals surface area contributed by atoms with Crippen molar-refractivity contribution in [3.63, 3.8) is 0 Å². The summed E-state index contributed by atoms with van der Waals surface area (Å²) in [6.45, 7) is 7.56. The van der Waals surface area contributed by atoms with Gasteiger partial charge in [0.2, 0.25) is 0 Å². The molecule has 0 radical (unpaired) electrons. The molecule has 6 heteroatoms. The predicted octanol–water partition coefficient (Wildman–Crippen LogP) is 2.21. The van der Waals surface area contributed by atoms with Crippen molar-refractivity contribution in [2.45, 2.75) is 45.7 Å². The van der Waals surface area contributed by atoms with Crippen LogP contribution in [0.25, 0.3) is 0 Å². The molecule has 0 aromatic carbocycles. The lowest BCUT2D eigenvalue weighted by molar-refractivity contribution is -0.170. The van der Waals surface area contributed by atoms with E-state index in [0.29, 0.717) is 6.61 Å². The second-order valence-electron chi connectivity index (χ2n) is 4.53. The van der Waals surface area contributed by atoms with E-state index in [1.807, 2.05) is 6.92 Å². The molecule has 2 heterocycles. The van der Waals surface area contributed by atoms with Crippen LogP contribution in [0.4, 0.5) is 0 Å². The van der Waals surface area contributed by atoms with Gasteiger partial charge in [0.05, 0.1) is 22.7 Å². The van der Waals surface area contributed by atoms with Crippen molar-refractivity contribution in [2.75, 3.05) is 6.61 Å². The van der Waals surface area contributed by atoms with Gasteiger partial charge in [0.1, 0.15) is 6.10 Å². The lowest BCUT2D eigenvalue weighted by Crippen LogP contribution is -2.29. The van der Waals surface area contributed by atoms with Gasteiger partial charge in [-0.1, -0.05) is 0 Å². The van der Waals surface area contributed by atoms with Crippen LogP contribution in [0.3, 0.4) is 0 Å². The molecule has 2 atom stereocenters. The molecule has 1 saturated heterocycles.